The highest BCUT2D eigenvalue weighted by atomic mass is 35.5. The van der Waals surface area contributed by atoms with E-state index in [2.05, 4.69) is 15.0 Å². The number of carbonyl (C=O) groups is 1. The number of aromatic nitrogens is 1. The first kappa shape index (κ1) is 24.8. The Balaban J connectivity index is 0.00000320. The van der Waals surface area contributed by atoms with E-state index in [-0.39, 0.29) is 35.3 Å². The van der Waals surface area contributed by atoms with Crippen molar-refractivity contribution in [1.82, 2.24) is 15.0 Å². The number of hydrogen-bond acceptors (Lipinski definition) is 6. The van der Waals surface area contributed by atoms with Crippen molar-refractivity contribution in [2.75, 3.05) is 26.2 Å². The molecule has 8 nitrogen and oxygen atoms in total. The Bertz CT molecular complexity index is 1010. The van der Waals surface area contributed by atoms with Gasteiger partial charge in [-0.1, -0.05) is 29.3 Å². The molecule has 0 unspecified atom stereocenters. The van der Waals surface area contributed by atoms with Gasteiger partial charge in [-0.3, -0.25) is 4.98 Å². The van der Waals surface area contributed by atoms with Crippen LogP contribution in [0.3, 0.4) is 0 Å². The average molecular weight is 497 g/mol. The number of halogens is 3. The van der Waals surface area contributed by atoms with Crippen LogP contribution in [0.1, 0.15) is 22.0 Å². The SMILES string of the molecule is Cl.O=C(O)c1cncc(S(=O)(=O)NC[C@@H]2CNCCO[C@H]2c2ccc(Cl)c(Cl)c2)c1. The maximum Gasteiger partial charge on any atom is 0.337 e. The van der Waals surface area contributed by atoms with Gasteiger partial charge in [0, 0.05) is 37.9 Å². The van der Waals surface area contributed by atoms with Gasteiger partial charge in [-0.05, 0) is 23.8 Å². The molecule has 1 fully saturated rings. The second-order valence-corrected chi connectivity index (χ2v) is 9.08. The first-order valence-electron chi connectivity index (χ1n) is 8.73. The lowest BCUT2D eigenvalue weighted by molar-refractivity contribution is 0.0322. The van der Waals surface area contributed by atoms with Crippen LogP contribution in [0, 0.1) is 5.92 Å². The van der Waals surface area contributed by atoms with Crippen LogP contribution in [0.25, 0.3) is 0 Å². The Morgan fingerprint density at radius 1 is 1.27 bits per heavy atom. The predicted molar refractivity (Wildman–Crippen MR) is 115 cm³/mol. The number of nitrogens with one attached hydrogen (secondary N) is 2. The molecule has 1 aliphatic rings. The summed E-state index contributed by atoms with van der Waals surface area (Å²) in [6.45, 7) is 1.67. The summed E-state index contributed by atoms with van der Waals surface area (Å²) >= 11 is 12.1. The molecule has 2 heterocycles. The van der Waals surface area contributed by atoms with Gasteiger partial charge in [-0.15, -0.1) is 12.4 Å². The lowest BCUT2D eigenvalue weighted by Gasteiger charge is -2.25. The molecule has 0 bridgehead atoms. The molecule has 0 amide bonds. The normalized spacial score (nSPS) is 19.5. The zero-order valence-corrected chi connectivity index (χ0v) is 18.7. The van der Waals surface area contributed by atoms with E-state index in [1.807, 2.05) is 0 Å². The molecule has 2 atom stereocenters. The molecule has 30 heavy (non-hydrogen) atoms. The van der Waals surface area contributed by atoms with Gasteiger partial charge < -0.3 is 15.2 Å². The minimum Gasteiger partial charge on any atom is -0.478 e. The number of carboxylic acids is 1. The van der Waals surface area contributed by atoms with Gasteiger partial charge in [-0.2, -0.15) is 0 Å². The summed E-state index contributed by atoms with van der Waals surface area (Å²) < 4.78 is 33.7. The maximum atomic E-state index is 12.6. The van der Waals surface area contributed by atoms with Crippen LogP contribution in [-0.2, 0) is 14.8 Å². The molecular formula is C18H20Cl3N3O5S. The molecule has 0 radical (unpaired) electrons. The number of aromatic carboxylic acids is 1. The molecular weight excluding hydrogens is 477 g/mol. The van der Waals surface area contributed by atoms with Crippen molar-refractivity contribution < 1.29 is 23.1 Å². The molecule has 1 aromatic carbocycles. The first-order valence-corrected chi connectivity index (χ1v) is 11.0. The highest BCUT2D eigenvalue weighted by Crippen LogP contribution is 2.32. The van der Waals surface area contributed by atoms with E-state index < -0.39 is 22.1 Å². The number of rotatable bonds is 6. The standard InChI is InChI=1S/C18H19Cl2N3O5S.ClH/c19-15-2-1-11(6-16(15)20)17-13(8-21-3-4-28-17)9-23-29(26,27)14-5-12(18(24)25)7-22-10-14;/h1-2,5-7,10,13,17,21,23H,3-4,8-9H2,(H,24,25);1H/t13-,17-;/m0./s1. The fraction of sp³-hybridized carbons (Fsp3) is 0.333. The number of hydrogen-bond donors (Lipinski definition) is 3. The van der Waals surface area contributed by atoms with Gasteiger partial charge in [0.2, 0.25) is 10.0 Å². The molecule has 2 aromatic rings. The lowest BCUT2D eigenvalue weighted by atomic mass is 9.95. The second-order valence-electron chi connectivity index (χ2n) is 6.50. The van der Waals surface area contributed by atoms with Gasteiger partial charge in [0.05, 0.1) is 28.3 Å². The number of benzene rings is 1. The second kappa shape index (κ2) is 10.7. The van der Waals surface area contributed by atoms with Crippen molar-refractivity contribution in [3.05, 3.63) is 57.8 Å². The fourth-order valence-corrected chi connectivity index (χ4v) is 4.40. The van der Waals surface area contributed by atoms with Crippen LogP contribution >= 0.6 is 35.6 Å². The summed E-state index contributed by atoms with van der Waals surface area (Å²) in [4.78, 5) is 14.6. The lowest BCUT2D eigenvalue weighted by Crippen LogP contribution is -2.36. The van der Waals surface area contributed by atoms with Gasteiger partial charge in [0.25, 0.3) is 0 Å². The van der Waals surface area contributed by atoms with Crippen LogP contribution in [0.4, 0.5) is 0 Å². The zero-order valence-electron chi connectivity index (χ0n) is 15.5. The third-order valence-corrected chi connectivity index (χ3v) is 6.62. The summed E-state index contributed by atoms with van der Waals surface area (Å²) in [6.07, 6.45) is 1.79. The maximum absolute atomic E-state index is 12.6. The van der Waals surface area contributed by atoms with Crippen LogP contribution in [-0.4, -0.2) is 50.7 Å². The molecule has 1 saturated heterocycles. The van der Waals surface area contributed by atoms with Crippen LogP contribution in [0.15, 0.2) is 41.6 Å². The molecule has 1 aromatic heterocycles. The van der Waals surface area contributed by atoms with E-state index in [1.54, 1.807) is 18.2 Å². The molecule has 0 spiro atoms. The average Bonchev–Trinajstić information content (AvgIpc) is 2.94. The predicted octanol–water partition coefficient (Wildman–Crippen LogP) is 2.76. The minimum absolute atomic E-state index is 0. The van der Waals surface area contributed by atoms with Crippen molar-refractivity contribution in [1.29, 1.82) is 0 Å². The van der Waals surface area contributed by atoms with Crippen molar-refractivity contribution in [3.63, 3.8) is 0 Å². The molecule has 1 aliphatic heterocycles. The van der Waals surface area contributed by atoms with E-state index in [1.165, 1.54) is 0 Å². The number of pyridine rings is 1. The molecule has 0 saturated carbocycles. The van der Waals surface area contributed by atoms with Crippen LogP contribution in [0.5, 0.6) is 0 Å². The monoisotopic (exact) mass is 495 g/mol. The van der Waals surface area contributed by atoms with Gasteiger partial charge in [-0.25, -0.2) is 17.9 Å². The van der Waals surface area contributed by atoms with E-state index in [4.69, 9.17) is 33.0 Å². The highest BCUT2D eigenvalue weighted by Gasteiger charge is 2.28. The summed E-state index contributed by atoms with van der Waals surface area (Å²) in [6, 6.07) is 6.24. The van der Waals surface area contributed by atoms with E-state index >= 15 is 0 Å². The number of carboxylic acid groups (broad SMARTS) is 1. The van der Waals surface area contributed by atoms with Gasteiger partial charge in [0.1, 0.15) is 4.90 Å². The minimum atomic E-state index is -3.95. The Morgan fingerprint density at radius 3 is 2.73 bits per heavy atom. The Labute approximate surface area is 190 Å². The smallest absolute Gasteiger partial charge is 0.337 e. The Kier molecular flexibility index (Phi) is 8.86. The number of ether oxygens (including phenoxy) is 1. The van der Waals surface area contributed by atoms with Crippen molar-refractivity contribution in [2.45, 2.75) is 11.0 Å². The zero-order chi connectivity index (χ0) is 21.0. The number of sulfonamides is 1. The largest absolute Gasteiger partial charge is 0.478 e. The molecule has 164 valence electrons. The van der Waals surface area contributed by atoms with Crippen molar-refractivity contribution in [3.8, 4) is 0 Å². The van der Waals surface area contributed by atoms with Crippen LogP contribution < -0.4 is 10.0 Å². The Hall–Kier alpha value is -1.46. The third kappa shape index (κ3) is 6.04. The fourth-order valence-electron chi connectivity index (χ4n) is 3.01. The third-order valence-electron chi connectivity index (χ3n) is 4.49. The first-order chi connectivity index (χ1) is 13.8. The molecule has 12 heteroatoms. The topological polar surface area (TPSA) is 118 Å². The van der Waals surface area contributed by atoms with E-state index in [0.717, 1.165) is 24.0 Å². The Morgan fingerprint density at radius 2 is 2.03 bits per heavy atom. The van der Waals surface area contributed by atoms with Crippen LogP contribution in [0.2, 0.25) is 10.0 Å². The summed E-state index contributed by atoms with van der Waals surface area (Å²) in [5, 5.41) is 13.1. The summed E-state index contributed by atoms with van der Waals surface area (Å²) in [7, 11) is -3.95. The molecule has 0 aliphatic carbocycles. The van der Waals surface area contributed by atoms with Gasteiger partial charge >= 0.3 is 5.97 Å². The summed E-state index contributed by atoms with van der Waals surface area (Å²) in [5.74, 6) is -1.49. The van der Waals surface area contributed by atoms with Gasteiger partial charge in [0.15, 0.2) is 0 Å². The highest BCUT2D eigenvalue weighted by molar-refractivity contribution is 7.89. The van der Waals surface area contributed by atoms with E-state index in [0.29, 0.717) is 29.7 Å². The number of nitrogens with zero attached hydrogens (tertiary/aromatic N) is 1. The summed E-state index contributed by atoms with van der Waals surface area (Å²) in [5.41, 5.74) is 0.586. The van der Waals surface area contributed by atoms with Crippen molar-refractivity contribution in [2.24, 2.45) is 5.92 Å². The quantitative estimate of drug-likeness (QED) is 0.563. The molecule has 3 rings (SSSR count). The van der Waals surface area contributed by atoms with Crippen molar-refractivity contribution >= 4 is 51.6 Å². The van der Waals surface area contributed by atoms with E-state index in [9.17, 15) is 13.2 Å². The molecule has 3 N–H and O–H groups in total.